The van der Waals surface area contributed by atoms with Gasteiger partial charge >= 0.3 is 12.0 Å². The van der Waals surface area contributed by atoms with E-state index < -0.39 is 24.6 Å². The van der Waals surface area contributed by atoms with Crippen LogP contribution in [0, 0.1) is 5.92 Å². The molecule has 8 heteroatoms. The van der Waals surface area contributed by atoms with Crippen molar-refractivity contribution in [1.82, 2.24) is 5.32 Å². The molecule has 0 unspecified atom stereocenters. The smallest absolute Gasteiger partial charge is 0.329 e. The number of Topliss-reactive ketones (excluding diaryl/α,β-unsaturated/α-hetero) is 1. The lowest BCUT2D eigenvalue weighted by Gasteiger charge is -2.21. The van der Waals surface area contributed by atoms with Gasteiger partial charge < -0.3 is 20.7 Å². The fourth-order valence-electron chi connectivity index (χ4n) is 3.23. The summed E-state index contributed by atoms with van der Waals surface area (Å²) in [5.74, 6) is -1.80. The molecule has 0 radical (unpaired) electrons. The lowest BCUT2D eigenvalue weighted by Crippen LogP contribution is -2.47. The molecule has 3 N–H and O–H groups in total. The van der Waals surface area contributed by atoms with E-state index >= 15 is 0 Å². The molecule has 162 valence electrons. The zero-order valence-corrected chi connectivity index (χ0v) is 17.6. The van der Waals surface area contributed by atoms with Gasteiger partial charge in [-0.3, -0.25) is 9.59 Å². The van der Waals surface area contributed by atoms with Crippen LogP contribution in [0.1, 0.15) is 42.6 Å². The molecule has 3 rings (SSSR count). The minimum atomic E-state index is -0.918. The second kappa shape index (κ2) is 9.42. The lowest BCUT2D eigenvalue weighted by molar-refractivity contribution is -0.145. The molecule has 8 nitrogen and oxygen atoms in total. The van der Waals surface area contributed by atoms with E-state index in [1.54, 1.807) is 63.2 Å². The van der Waals surface area contributed by atoms with Crippen LogP contribution >= 0.6 is 0 Å². The number of carbonyl (C=O) groups excluding carboxylic acids is 4. The van der Waals surface area contributed by atoms with Crippen molar-refractivity contribution in [1.29, 1.82) is 0 Å². The molecule has 0 bridgehead atoms. The first-order valence-corrected chi connectivity index (χ1v) is 10.0. The summed E-state index contributed by atoms with van der Waals surface area (Å²) < 4.78 is 5.19. The van der Waals surface area contributed by atoms with E-state index in [0.717, 1.165) is 5.56 Å². The fraction of sp³-hybridized carbons (Fsp3) is 0.304. The summed E-state index contributed by atoms with van der Waals surface area (Å²) in [5, 5.41) is 7.98. The van der Waals surface area contributed by atoms with Gasteiger partial charge in [-0.05, 0) is 48.7 Å². The number of benzene rings is 2. The molecule has 0 aliphatic carbocycles. The maximum atomic E-state index is 12.5. The summed E-state index contributed by atoms with van der Waals surface area (Å²) in [5.41, 5.74) is 2.36. The second-order valence-corrected chi connectivity index (χ2v) is 7.73. The Morgan fingerprint density at radius 1 is 1.10 bits per heavy atom. The zero-order chi connectivity index (χ0) is 22.5. The molecule has 0 saturated carbocycles. The van der Waals surface area contributed by atoms with Gasteiger partial charge in [-0.15, -0.1) is 0 Å². The topological polar surface area (TPSA) is 114 Å². The molecule has 0 saturated heterocycles. The maximum absolute atomic E-state index is 12.5. The van der Waals surface area contributed by atoms with E-state index in [-0.39, 0.29) is 23.5 Å². The van der Waals surface area contributed by atoms with Crippen LogP contribution < -0.4 is 16.0 Å². The molecule has 0 aromatic heterocycles. The first-order valence-electron chi connectivity index (χ1n) is 10.0. The lowest BCUT2D eigenvalue weighted by atomic mass is 9.99. The highest BCUT2D eigenvalue weighted by Gasteiger charge is 2.29. The number of para-hydroxylation sites is 1. The first kappa shape index (κ1) is 22.0. The van der Waals surface area contributed by atoms with Crippen molar-refractivity contribution in [3.05, 3.63) is 59.7 Å². The number of hydrogen-bond acceptors (Lipinski definition) is 5. The Bertz CT molecular complexity index is 1000. The predicted octanol–water partition coefficient (Wildman–Crippen LogP) is 3.31. The minimum absolute atomic E-state index is 0.120. The fourth-order valence-corrected chi connectivity index (χ4v) is 3.23. The monoisotopic (exact) mass is 423 g/mol. The highest BCUT2D eigenvalue weighted by molar-refractivity contribution is 6.05. The number of urea groups is 1. The largest absolute Gasteiger partial charge is 0.456 e. The van der Waals surface area contributed by atoms with Gasteiger partial charge in [0.15, 0.2) is 12.4 Å². The third-order valence-corrected chi connectivity index (χ3v) is 5.08. The molecule has 2 atom stereocenters. The summed E-state index contributed by atoms with van der Waals surface area (Å²) in [4.78, 5) is 49.0. The Morgan fingerprint density at radius 3 is 2.48 bits per heavy atom. The van der Waals surface area contributed by atoms with Gasteiger partial charge in [0.1, 0.15) is 6.04 Å². The molecule has 1 aliphatic heterocycles. The van der Waals surface area contributed by atoms with E-state index in [1.807, 2.05) is 6.07 Å². The van der Waals surface area contributed by atoms with Gasteiger partial charge in [-0.1, -0.05) is 32.0 Å². The number of hydrogen-bond donors (Lipinski definition) is 3. The molecular formula is C23H25N3O5. The predicted molar refractivity (Wildman–Crippen MR) is 116 cm³/mol. The number of rotatable bonds is 7. The van der Waals surface area contributed by atoms with Crippen LogP contribution in [-0.2, 0) is 14.3 Å². The van der Waals surface area contributed by atoms with Gasteiger partial charge in [0.05, 0.1) is 5.92 Å². The average molecular weight is 423 g/mol. The normalized spacial score (nSPS) is 15.6. The van der Waals surface area contributed by atoms with Crippen LogP contribution in [-0.4, -0.2) is 36.3 Å². The number of nitrogens with one attached hydrogen (secondary N) is 3. The zero-order valence-electron chi connectivity index (χ0n) is 17.6. The van der Waals surface area contributed by atoms with Gasteiger partial charge in [0.25, 0.3) is 0 Å². The van der Waals surface area contributed by atoms with Crippen molar-refractivity contribution in [2.45, 2.75) is 32.7 Å². The first-order chi connectivity index (χ1) is 14.8. The van der Waals surface area contributed by atoms with E-state index in [1.165, 1.54) is 0 Å². The van der Waals surface area contributed by atoms with Crippen molar-refractivity contribution >= 4 is 35.1 Å². The van der Waals surface area contributed by atoms with E-state index in [9.17, 15) is 19.2 Å². The quantitative estimate of drug-likeness (QED) is 0.467. The molecular weight excluding hydrogens is 398 g/mol. The van der Waals surface area contributed by atoms with Gasteiger partial charge in [0, 0.05) is 16.9 Å². The summed E-state index contributed by atoms with van der Waals surface area (Å²) in [6.07, 6.45) is 0. The summed E-state index contributed by atoms with van der Waals surface area (Å²) in [7, 11) is 0. The van der Waals surface area contributed by atoms with Crippen LogP contribution in [0.25, 0.3) is 0 Å². The number of esters is 1. The third kappa shape index (κ3) is 5.28. The van der Waals surface area contributed by atoms with Crippen molar-refractivity contribution < 1.29 is 23.9 Å². The Kier molecular flexibility index (Phi) is 6.69. The molecule has 0 fully saturated rings. The van der Waals surface area contributed by atoms with Gasteiger partial charge in [0.2, 0.25) is 5.91 Å². The van der Waals surface area contributed by atoms with E-state index in [2.05, 4.69) is 16.0 Å². The number of ketones is 1. The summed E-state index contributed by atoms with van der Waals surface area (Å²) in [6, 6.07) is 12.3. The molecule has 1 heterocycles. The number of carbonyl (C=O) groups is 4. The number of fused-ring (bicyclic) bond motifs is 1. The second-order valence-electron chi connectivity index (χ2n) is 7.73. The molecule has 2 aromatic rings. The molecule has 3 amide bonds. The maximum Gasteiger partial charge on any atom is 0.329 e. The molecule has 2 aromatic carbocycles. The van der Waals surface area contributed by atoms with Crippen molar-refractivity contribution in [2.75, 3.05) is 17.2 Å². The number of anilines is 2. The Labute approximate surface area is 180 Å². The van der Waals surface area contributed by atoms with E-state index in [4.69, 9.17) is 4.74 Å². The van der Waals surface area contributed by atoms with Crippen molar-refractivity contribution in [2.24, 2.45) is 5.92 Å². The standard InChI is InChI=1S/C23H25N3O5/c1-13(2)20(26-23(30)24-16-7-5-4-6-8-16)22(29)31-12-19(27)15-9-10-18-17(11-15)14(3)21(28)25-18/h4-11,13-14,20H,12H2,1-3H3,(H,25,28)(H2,24,26,30)/t14-,20+/m1/s1. The SMILES string of the molecule is CC(C)[C@H](NC(=O)Nc1ccccc1)C(=O)OCC(=O)c1ccc2c(c1)[C@@H](C)C(=O)N2. The highest BCUT2D eigenvalue weighted by Crippen LogP contribution is 2.32. The van der Waals surface area contributed by atoms with Crippen molar-refractivity contribution in [3.63, 3.8) is 0 Å². The van der Waals surface area contributed by atoms with Crippen LogP contribution in [0.3, 0.4) is 0 Å². The van der Waals surface area contributed by atoms with Gasteiger partial charge in [-0.2, -0.15) is 0 Å². The minimum Gasteiger partial charge on any atom is -0.456 e. The molecule has 0 spiro atoms. The average Bonchev–Trinajstić information content (AvgIpc) is 3.03. The Hall–Kier alpha value is -3.68. The van der Waals surface area contributed by atoms with Crippen LogP contribution in [0.2, 0.25) is 0 Å². The van der Waals surface area contributed by atoms with Crippen LogP contribution in [0.4, 0.5) is 16.2 Å². The Balaban J connectivity index is 1.58. The molecule has 1 aliphatic rings. The van der Waals surface area contributed by atoms with Crippen LogP contribution in [0.15, 0.2) is 48.5 Å². The molecule has 31 heavy (non-hydrogen) atoms. The summed E-state index contributed by atoms with van der Waals surface area (Å²) in [6.45, 7) is 4.83. The van der Waals surface area contributed by atoms with E-state index in [0.29, 0.717) is 16.9 Å². The third-order valence-electron chi connectivity index (χ3n) is 5.08. The van der Waals surface area contributed by atoms with Crippen LogP contribution in [0.5, 0.6) is 0 Å². The Morgan fingerprint density at radius 2 is 1.81 bits per heavy atom. The number of ether oxygens (including phenoxy) is 1. The van der Waals surface area contributed by atoms with Crippen molar-refractivity contribution in [3.8, 4) is 0 Å². The number of amides is 3. The summed E-state index contributed by atoms with van der Waals surface area (Å²) >= 11 is 0. The van der Waals surface area contributed by atoms with Gasteiger partial charge in [-0.25, -0.2) is 9.59 Å². The highest BCUT2D eigenvalue weighted by atomic mass is 16.5.